The monoisotopic (exact) mass is 465 g/mol. The van der Waals surface area contributed by atoms with Gasteiger partial charge in [-0.2, -0.15) is 5.10 Å². The molecule has 4 heterocycles. The molecule has 34 heavy (non-hydrogen) atoms. The number of ether oxygens (including phenoxy) is 1. The van der Waals surface area contributed by atoms with E-state index in [0.717, 1.165) is 37.6 Å². The van der Waals surface area contributed by atoms with E-state index in [9.17, 15) is 14.3 Å². The van der Waals surface area contributed by atoms with Crippen molar-refractivity contribution in [1.82, 2.24) is 29.8 Å². The first-order valence-corrected chi connectivity index (χ1v) is 11.4. The number of aliphatic carboxylic acids is 1. The number of aromatic amines is 1. The lowest BCUT2D eigenvalue weighted by molar-refractivity contribution is -0.148. The summed E-state index contributed by atoms with van der Waals surface area (Å²) < 4.78 is 21.0. The summed E-state index contributed by atoms with van der Waals surface area (Å²) >= 11 is 0. The van der Waals surface area contributed by atoms with Gasteiger partial charge in [0.1, 0.15) is 17.0 Å². The average molecular weight is 465 g/mol. The second kappa shape index (κ2) is 8.01. The number of pyridine rings is 1. The number of anilines is 1. The minimum absolute atomic E-state index is 0.164. The Kier molecular flexibility index (Phi) is 4.94. The van der Waals surface area contributed by atoms with E-state index in [1.165, 1.54) is 6.07 Å². The third kappa shape index (κ3) is 3.30. The number of aromatic nitrogens is 6. The van der Waals surface area contributed by atoms with Crippen LogP contribution in [0.3, 0.4) is 0 Å². The molecule has 4 aromatic heterocycles. The maximum absolute atomic E-state index is 13.9. The zero-order valence-corrected chi connectivity index (χ0v) is 18.5. The Morgan fingerprint density at radius 3 is 2.85 bits per heavy atom. The topological polar surface area (TPSA) is 130 Å². The summed E-state index contributed by atoms with van der Waals surface area (Å²) in [5, 5.41) is 25.7. The lowest BCUT2D eigenvalue weighted by Crippen LogP contribution is -2.51. The molecule has 3 saturated carbocycles. The van der Waals surface area contributed by atoms with Gasteiger partial charge in [0.25, 0.3) is 0 Å². The molecule has 0 saturated heterocycles. The van der Waals surface area contributed by atoms with Crippen LogP contribution in [0.1, 0.15) is 31.4 Å². The molecule has 4 aromatic rings. The van der Waals surface area contributed by atoms with Crippen LogP contribution in [0.2, 0.25) is 0 Å². The van der Waals surface area contributed by atoms with Crippen molar-refractivity contribution in [3.63, 3.8) is 0 Å². The van der Waals surface area contributed by atoms with Gasteiger partial charge in [0, 0.05) is 13.2 Å². The van der Waals surface area contributed by atoms with Gasteiger partial charge in [-0.1, -0.05) is 0 Å². The Balaban J connectivity index is 1.49. The highest BCUT2D eigenvalue weighted by Gasteiger charge is 2.47. The van der Waals surface area contributed by atoms with Crippen molar-refractivity contribution in [3.05, 3.63) is 35.9 Å². The Morgan fingerprint density at radius 2 is 2.09 bits per heavy atom. The first-order valence-electron chi connectivity index (χ1n) is 11.4. The molecule has 176 valence electrons. The second-order valence-electron chi connectivity index (χ2n) is 9.17. The van der Waals surface area contributed by atoms with Crippen LogP contribution in [-0.4, -0.2) is 54.0 Å². The van der Waals surface area contributed by atoms with Crippen molar-refractivity contribution in [2.45, 2.75) is 38.3 Å². The second-order valence-corrected chi connectivity index (χ2v) is 9.17. The maximum atomic E-state index is 13.9. The van der Waals surface area contributed by atoms with Crippen molar-refractivity contribution in [3.8, 4) is 11.5 Å². The van der Waals surface area contributed by atoms with Crippen LogP contribution in [-0.2, 0) is 16.1 Å². The Labute approximate surface area is 193 Å². The number of H-pyrrole nitrogens is 1. The molecule has 2 bridgehead atoms. The number of carbonyl (C=O) groups is 1. The zero-order chi connectivity index (χ0) is 23.4. The molecule has 10 nitrogen and oxygen atoms in total. The van der Waals surface area contributed by atoms with Crippen LogP contribution in [0, 0.1) is 23.6 Å². The van der Waals surface area contributed by atoms with E-state index in [1.807, 2.05) is 12.1 Å². The molecule has 0 aromatic carbocycles. The fourth-order valence-corrected chi connectivity index (χ4v) is 5.73. The predicted octanol–water partition coefficient (Wildman–Crippen LogP) is 3.25. The number of methoxy groups -OCH3 is 1. The number of hydrogen-bond donors (Lipinski definition) is 3. The normalized spacial score (nSPS) is 24.2. The highest BCUT2D eigenvalue weighted by molar-refractivity contribution is 5.89. The molecule has 3 N–H and O–H groups in total. The van der Waals surface area contributed by atoms with E-state index in [4.69, 9.17) is 9.72 Å². The number of halogens is 1. The highest BCUT2D eigenvalue weighted by atomic mass is 19.1. The average Bonchev–Trinajstić information content (AvgIpc) is 3.44. The van der Waals surface area contributed by atoms with E-state index in [1.54, 1.807) is 11.6 Å². The van der Waals surface area contributed by atoms with Gasteiger partial charge in [0.05, 0.1) is 29.8 Å². The number of nitrogens with one attached hydrogen (secondary N) is 2. The number of fused-ring (bicyclic) bond motifs is 5. The van der Waals surface area contributed by atoms with Crippen molar-refractivity contribution in [2.24, 2.45) is 17.8 Å². The summed E-state index contributed by atoms with van der Waals surface area (Å²) in [6, 6.07) is 4.90. The van der Waals surface area contributed by atoms with Crippen molar-refractivity contribution in [1.29, 1.82) is 0 Å². The van der Waals surface area contributed by atoms with Crippen molar-refractivity contribution in [2.75, 3.05) is 12.4 Å². The van der Waals surface area contributed by atoms with Crippen LogP contribution in [0.15, 0.2) is 24.4 Å². The molecule has 0 radical (unpaired) electrons. The molecule has 0 amide bonds. The molecule has 3 fully saturated rings. The summed E-state index contributed by atoms with van der Waals surface area (Å²) in [6.45, 7) is 0.327. The van der Waals surface area contributed by atoms with Crippen LogP contribution in [0.4, 0.5) is 10.2 Å². The number of hydrogen-bond acceptors (Lipinski definition) is 7. The lowest BCUT2D eigenvalue weighted by atomic mass is 9.61. The van der Waals surface area contributed by atoms with E-state index in [-0.39, 0.29) is 23.7 Å². The summed E-state index contributed by atoms with van der Waals surface area (Å²) in [5.74, 6) is -0.499. The third-order valence-corrected chi connectivity index (χ3v) is 7.28. The summed E-state index contributed by atoms with van der Waals surface area (Å²) in [6.07, 6.45) is 5.03. The molecule has 2 atom stereocenters. The van der Waals surface area contributed by atoms with Crippen LogP contribution in [0.25, 0.3) is 28.1 Å². The number of rotatable bonds is 6. The predicted molar refractivity (Wildman–Crippen MR) is 121 cm³/mol. The minimum Gasteiger partial charge on any atom is -0.481 e. The Hall–Kier alpha value is -3.60. The largest absolute Gasteiger partial charge is 0.481 e. The molecule has 7 rings (SSSR count). The molecular formula is C23H24FN7O3. The number of carboxylic acids is 1. The van der Waals surface area contributed by atoms with Crippen LogP contribution >= 0.6 is 0 Å². The summed E-state index contributed by atoms with van der Waals surface area (Å²) in [7, 11) is 1.60. The summed E-state index contributed by atoms with van der Waals surface area (Å²) in [4.78, 5) is 21.0. The zero-order valence-electron chi connectivity index (χ0n) is 18.5. The van der Waals surface area contributed by atoms with Gasteiger partial charge in [0.2, 0.25) is 5.82 Å². The minimum atomic E-state index is -0.771. The van der Waals surface area contributed by atoms with Gasteiger partial charge in [-0.25, -0.2) is 18.9 Å². The molecule has 11 heteroatoms. The highest BCUT2D eigenvalue weighted by Crippen LogP contribution is 2.46. The maximum Gasteiger partial charge on any atom is 0.308 e. The molecule has 3 aliphatic carbocycles. The van der Waals surface area contributed by atoms with Gasteiger partial charge in [-0.05, 0) is 55.7 Å². The third-order valence-electron chi connectivity index (χ3n) is 7.28. The van der Waals surface area contributed by atoms with Gasteiger partial charge < -0.3 is 15.2 Å². The fourth-order valence-electron chi connectivity index (χ4n) is 5.73. The Morgan fingerprint density at radius 1 is 1.29 bits per heavy atom. The van der Waals surface area contributed by atoms with E-state index < -0.39 is 17.7 Å². The van der Waals surface area contributed by atoms with Crippen LogP contribution < -0.4 is 5.32 Å². The standard InChI is InChI=1S/C23H24FN7O3/c1-34-10-14-6-7-16-21(26-18-12-4-2-11(3-5-12)17(18)23(32)33)27-22(30-31(14)16)19-15-8-13(24)9-25-20(15)29-28-19/h6-9,11-12,17-18H,2-5,10H2,1H3,(H,32,33)(H,25,28,29)(H,26,27,30)/t11-,12+,17-,18-/m0/s1. The first kappa shape index (κ1) is 21.0. The van der Waals surface area contributed by atoms with Gasteiger partial charge >= 0.3 is 5.97 Å². The SMILES string of the molecule is COCc1ccc2c(N[C@H]3[C@H]4CC[C@H](CC4)[C@@H]3C(=O)O)nc(-c3n[nH]c4ncc(F)cc34)nn12. The molecule has 0 spiro atoms. The molecule has 3 aliphatic rings. The quantitative estimate of drug-likeness (QED) is 0.396. The number of carboxylic acid groups (broad SMARTS) is 1. The first-order chi connectivity index (χ1) is 16.5. The van der Waals surface area contributed by atoms with Crippen molar-refractivity contribution >= 4 is 28.3 Å². The van der Waals surface area contributed by atoms with Crippen molar-refractivity contribution < 1.29 is 19.0 Å². The molecule has 0 aliphatic heterocycles. The van der Waals surface area contributed by atoms with E-state index >= 15 is 0 Å². The van der Waals surface area contributed by atoms with Crippen LogP contribution in [0.5, 0.6) is 0 Å². The fraction of sp³-hybridized carbons (Fsp3) is 0.435. The lowest BCUT2D eigenvalue weighted by Gasteiger charge is -2.47. The molecular weight excluding hydrogens is 441 g/mol. The summed E-state index contributed by atoms with van der Waals surface area (Å²) in [5.41, 5.74) is 2.30. The Bertz CT molecular complexity index is 1390. The van der Waals surface area contributed by atoms with Gasteiger partial charge in [0.15, 0.2) is 11.5 Å². The van der Waals surface area contributed by atoms with Gasteiger partial charge in [-0.3, -0.25) is 9.89 Å². The van der Waals surface area contributed by atoms with Gasteiger partial charge in [-0.15, -0.1) is 5.10 Å². The number of nitrogens with zero attached hydrogens (tertiary/aromatic N) is 5. The van der Waals surface area contributed by atoms with E-state index in [0.29, 0.717) is 34.7 Å². The molecule has 0 unspecified atom stereocenters. The smallest absolute Gasteiger partial charge is 0.308 e. The van der Waals surface area contributed by atoms with E-state index in [2.05, 4.69) is 25.6 Å².